The van der Waals surface area contributed by atoms with Gasteiger partial charge < -0.3 is 4.74 Å². The summed E-state index contributed by atoms with van der Waals surface area (Å²) < 4.78 is 5.22. The van der Waals surface area contributed by atoms with Crippen LogP contribution in [0, 0.1) is 11.3 Å². The van der Waals surface area contributed by atoms with Gasteiger partial charge in [0.1, 0.15) is 12.0 Å². The fourth-order valence-corrected chi connectivity index (χ4v) is 1.13. The molecule has 0 radical (unpaired) electrons. The van der Waals surface area contributed by atoms with Crippen molar-refractivity contribution < 1.29 is 4.74 Å². The quantitative estimate of drug-likeness (QED) is 0.682. The number of hydrogen-bond donors (Lipinski definition) is 0. The lowest BCUT2D eigenvalue weighted by Gasteiger charge is -2.13. The summed E-state index contributed by atoms with van der Waals surface area (Å²) in [5.41, 5.74) is 1.63. The van der Waals surface area contributed by atoms with Crippen LogP contribution in [-0.2, 0) is 4.74 Å². The van der Waals surface area contributed by atoms with E-state index in [0.717, 1.165) is 11.3 Å². The van der Waals surface area contributed by atoms with Crippen LogP contribution < -0.4 is 0 Å². The number of allylic oxidation sites excluding steroid dienone is 5. The van der Waals surface area contributed by atoms with Crippen molar-refractivity contribution in [2.75, 3.05) is 0 Å². The summed E-state index contributed by atoms with van der Waals surface area (Å²) >= 11 is 0. The van der Waals surface area contributed by atoms with E-state index in [9.17, 15) is 0 Å². The van der Waals surface area contributed by atoms with E-state index in [4.69, 9.17) is 10.00 Å². The maximum Gasteiger partial charge on any atom is 0.129 e. The highest BCUT2D eigenvalue weighted by Crippen LogP contribution is 2.23. The number of nitrogens with zero attached hydrogens (tertiary/aromatic N) is 1. The Labute approximate surface area is 91.9 Å². The van der Waals surface area contributed by atoms with Crippen LogP contribution in [0.3, 0.4) is 0 Å². The van der Waals surface area contributed by atoms with Crippen molar-refractivity contribution in [3.8, 4) is 6.07 Å². The molecule has 0 unspecified atom stereocenters. The molecule has 0 aromatic rings. The van der Waals surface area contributed by atoms with E-state index < -0.39 is 0 Å². The third-order valence-corrected chi connectivity index (χ3v) is 1.72. The summed E-state index contributed by atoms with van der Waals surface area (Å²) in [5.74, 6) is 0.733. The highest BCUT2D eigenvalue weighted by Gasteiger charge is 2.10. The van der Waals surface area contributed by atoms with Crippen LogP contribution in [0.4, 0.5) is 0 Å². The van der Waals surface area contributed by atoms with E-state index in [-0.39, 0.29) is 0 Å². The highest BCUT2D eigenvalue weighted by molar-refractivity contribution is 5.39. The Bertz CT molecular complexity index is 340. The lowest BCUT2D eigenvalue weighted by molar-refractivity contribution is 0.351. The summed E-state index contributed by atoms with van der Waals surface area (Å²) in [6, 6.07) is 2.07. The molecule has 0 aromatic heterocycles. The van der Waals surface area contributed by atoms with Gasteiger partial charge in [0.05, 0.1) is 11.6 Å². The zero-order chi connectivity index (χ0) is 11.7. The lowest BCUT2D eigenvalue weighted by Crippen LogP contribution is -1.98. The van der Waals surface area contributed by atoms with Gasteiger partial charge in [0.15, 0.2) is 0 Å². The Kier molecular flexibility index (Phi) is 6.74. The first-order valence-corrected chi connectivity index (χ1v) is 5.06. The van der Waals surface area contributed by atoms with E-state index in [1.54, 1.807) is 6.08 Å². The second kappa shape index (κ2) is 7.64. The van der Waals surface area contributed by atoms with Crippen LogP contribution in [0.15, 0.2) is 48.0 Å². The molecule has 0 aliphatic carbocycles. The van der Waals surface area contributed by atoms with Gasteiger partial charge in [-0.25, -0.2) is 0 Å². The van der Waals surface area contributed by atoms with Crippen LogP contribution in [-0.4, -0.2) is 0 Å². The molecule has 2 nitrogen and oxygen atoms in total. The number of ether oxygens (including phenoxy) is 1. The first kappa shape index (κ1) is 13.2. The van der Waals surface area contributed by atoms with Crippen molar-refractivity contribution >= 4 is 0 Å². The average Bonchev–Trinajstić information content (AvgIpc) is 2.32. The van der Waals surface area contributed by atoms with E-state index in [0.29, 0.717) is 12.0 Å². The van der Waals surface area contributed by atoms with Gasteiger partial charge in [-0.1, -0.05) is 32.6 Å². The van der Waals surface area contributed by atoms with Crippen molar-refractivity contribution in [2.45, 2.75) is 27.2 Å². The van der Waals surface area contributed by atoms with Crippen LogP contribution in [0.25, 0.3) is 0 Å². The molecule has 0 fully saturated rings. The summed E-state index contributed by atoms with van der Waals surface area (Å²) in [6.07, 6.45) is 7.61. The van der Waals surface area contributed by atoms with E-state index in [1.807, 2.05) is 32.9 Å². The minimum Gasteiger partial charge on any atom is -0.464 e. The second-order valence-electron chi connectivity index (χ2n) is 2.64. The number of rotatable bonds is 2. The molecule has 0 saturated heterocycles. The largest absolute Gasteiger partial charge is 0.464 e. The molecule has 1 aliphatic rings. The van der Waals surface area contributed by atoms with Gasteiger partial charge in [0.25, 0.3) is 0 Å². The number of hydrogen-bond acceptors (Lipinski definition) is 2. The Hall–Kier alpha value is -1.75. The third kappa shape index (κ3) is 3.86. The van der Waals surface area contributed by atoms with Gasteiger partial charge in [-0.2, -0.15) is 5.26 Å². The predicted octanol–water partition coefficient (Wildman–Crippen LogP) is 3.86. The Balaban J connectivity index is 0.000000921. The SMILES string of the molecule is C=CC1=C(/C=C\C)CC(C#N)=CO1.CC. The summed E-state index contributed by atoms with van der Waals surface area (Å²) in [4.78, 5) is 0. The van der Waals surface area contributed by atoms with Gasteiger partial charge in [-0.3, -0.25) is 0 Å². The molecule has 0 aromatic carbocycles. The smallest absolute Gasteiger partial charge is 0.129 e. The van der Waals surface area contributed by atoms with Crippen molar-refractivity contribution in [1.82, 2.24) is 0 Å². The molecule has 1 aliphatic heterocycles. The molecule has 0 amide bonds. The maximum absolute atomic E-state index is 8.67. The van der Waals surface area contributed by atoms with Gasteiger partial charge >= 0.3 is 0 Å². The van der Waals surface area contributed by atoms with Crippen LogP contribution >= 0.6 is 0 Å². The maximum atomic E-state index is 8.67. The normalized spacial score (nSPS) is 14.7. The minimum absolute atomic E-state index is 0.627. The molecule has 1 heterocycles. The number of nitriles is 1. The van der Waals surface area contributed by atoms with Crippen molar-refractivity contribution in [3.05, 3.63) is 48.0 Å². The van der Waals surface area contributed by atoms with Crippen molar-refractivity contribution in [1.29, 1.82) is 5.26 Å². The average molecular weight is 203 g/mol. The van der Waals surface area contributed by atoms with Crippen molar-refractivity contribution in [3.63, 3.8) is 0 Å². The summed E-state index contributed by atoms with van der Waals surface area (Å²) in [5, 5.41) is 8.67. The minimum atomic E-state index is 0.627. The topological polar surface area (TPSA) is 33.0 Å². The highest BCUT2D eigenvalue weighted by atomic mass is 16.5. The molecule has 2 heteroatoms. The third-order valence-electron chi connectivity index (χ3n) is 1.72. The van der Waals surface area contributed by atoms with Crippen LogP contribution in [0.1, 0.15) is 27.2 Å². The van der Waals surface area contributed by atoms with Crippen LogP contribution in [0.5, 0.6) is 0 Å². The van der Waals surface area contributed by atoms with E-state index >= 15 is 0 Å². The molecule has 0 spiro atoms. The summed E-state index contributed by atoms with van der Waals surface area (Å²) in [7, 11) is 0. The Morgan fingerprint density at radius 2 is 2.20 bits per heavy atom. The van der Waals surface area contributed by atoms with Crippen molar-refractivity contribution in [2.24, 2.45) is 0 Å². The van der Waals surface area contributed by atoms with Crippen LogP contribution in [0.2, 0.25) is 0 Å². The van der Waals surface area contributed by atoms with Gasteiger partial charge in [0.2, 0.25) is 0 Å². The molecule has 1 rings (SSSR count). The summed E-state index contributed by atoms with van der Waals surface area (Å²) in [6.45, 7) is 9.57. The Morgan fingerprint density at radius 1 is 1.53 bits per heavy atom. The zero-order valence-electron chi connectivity index (χ0n) is 9.58. The monoisotopic (exact) mass is 203 g/mol. The molecule has 80 valence electrons. The second-order valence-corrected chi connectivity index (χ2v) is 2.64. The fourth-order valence-electron chi connectivity index (χ4n) is 1.13. The zero-order valence-corrected chi connectivity index (χ0v) is 9.58. The predicted molar refractivity (Wildman–Crippen MR) is 62.8 cm³/mol. The molecule has 0 N–H and O–H groups in total. The molecule has 15 heavy (non-hydrogen) atoms. The van der Waals surface area contributed by atoms with E-state index in [2.05, 4.69) is 12.6 Å². The first-order chi connectivity index (χ1) is 7.31. The Morgan fingerprint density at radius 3 is 2.67 bits per heavy atom. The molecular formula is C13H17NO. The molecular weight excluding hydrogens is 186 g/mol. The molecule has 0 saturated carbocycles. The fraction of sp³-hybridized carbons (Fsp3) is 0.308. The standard InChI is InChI=1S/C11H11NO.C2H6/c1-3-5-10-6-9(7-12)8-13-11(10)4-2;1-2/h3-5,8H,2,6H2,1H3;1-2H3/b5-3-;. The molecule has 0 atom stereocenters. The van der Waals surface area contributed by atoms with Gasteiger partial charge in [-0.15, -0.1) is 0 Å². The van der Waals surface area contributed by atoms with Gasteiger partial charge in [0, 0.05) is 6.42 Å². The lowest BCUT2D eigenvalue weighted by atomic mass is 10.0. The molecule has 0 bridgehead atoms. The van der Waals surface area contributed by atoms with Gasteiger partial charge in [-0.05, 0) is 18.6 Å². The first-order valence-electron chi connectivity index (χ1n) is 5.06. The van der Waals surface area contributed by atoms with E-state index in [1.165, 1.54) is 6.26 Å².